The topological polar surface area (TPSA) is 35.5 Å². The van der Waals surface area contributed by atoms with Gasteiger partial charge >= 0.3 is 7.12 Å². The Balaban J connectivity index is 2.60. The van der Waals surface area contributed by atoms with Crippen molar-refractivity contribution in [1.82, 2.24) is 0 Å². The molecule has 3 nitrogen and oxygen atoms in total. The van der Waals surface area contributed by atoms with E-state index in [0.29, 0.717) is 0 Å². The minimum atomic E-state index is -1.77. The van der Waals surface area contributed by atoms with Gasteiger partial charge in [0.25, 0.3) is 0 Å². The maximum absolute atomic E-state index is 13.9. The van der Waals surface area contributed by atoms with Gasteiger partial charge in [-0.15, -0.1) is 0 Å². The highest BCUT2D eigenvalue weighted by Crippen LogP contribution is 2.37. The molecule has 0 atom stereocenters. The highest BCUT2D eigenvalue weighted by atomic mass is 19.2. The third kappa shape index (κ3) is 2.26. The summed E-state index contributed by atoms with van der Waals surface area (Å²) in [6, 6.07) is 0. The molecular weight excluding hydrogens is 291 g/mol. The number of halogens is 4. The zero-order valence-electron chi connectivity index (χ0n) is 11.9. The van der Waals surface area contributed by atoms with E-state index in [1.807, 2.05) is 0 Å². The van der Waals surface area contributed by atoms with E-state index in [0.717, 1.165) is 0 Å². The molecule has 21 heavy (non-hydrogen) atoms. The highest BCUT2D eigenvalue weighted by Gasteiger charge is 2.54. The second-order valence-corrected chi connectivity index (χ2v) is 5.79. The number of aldehydes is 1. The molecule has 1 fully saturated rings. The summed E-state index contributed by atoms with van der Waals surface area (Å²) in [6.45, 7) is 6.48. The number of rotatable bonds is 2. The molecule has 2 rings (SSSR count). The summed E-state index contributed by atoms with van der Waals surface area (Å²) in [5.74, 6) is -6.94. The number of carbonyl (C=O) groups excluding carboxylic acids is 1. The lowest BCUT2D eigenvalue weighted by atomic mass is 9.77. The van der Waals surface area contributed by atoms with Crippen LogP contribution in [0.5, 0.6) is 0 Å². The fourth-order valence-corrected chi connectivity index (χ4v) is 1.94. The molecule has 0 saturated carbocycles. The van der Waals surface area contributed by atoms with Crippen molar-refractivity contribution in [3.8, 4) is 0 Å². The normalized spacial score (nSPS) is 19.9. The Morgan fingerprint density at radius 2 is 1.24 bits per heavy atom. The van der Waals surface area contributed by atoms with E-state index >= 15 is 0 Å². The first-order valence-corrected chi connectivity index (χ1v) is 6.20. The molecule has 1 aliphatic rings. The van der Waals surface area contributed by atoms with Crippen LogP contribution in [0.25, 0.3) is 0 Å². The van der Waals surface area contributed by atoms with Crippen LogP contribution >= 0.6 is 0 Å². The SMILES string of the molecule is CC1(C)OB(c2c(F)c(F)c(C=O)c(F)c2F)OC1(C)C. The highest BCUT2D eigenvalue weighted by molar-refractivity contribution is 6.62. The Bertz CT molecular complexity index is 571. The van der Waals surface area contributed by atoms with E-state index in [-0.39, 0.29) is 6.29 Å². The Labute approximate surface area is 119 Å². The van der Waals surface area contributed by atoms with Crippen LogP contribution in [0.4, 0.5) is 17.6 Å². The summed E-state index contributed by atoms with van der Waals surface area (Å²) in [4.78, 5) is 10.5. The van der Waals surface area contributed by atoms with Crippen LogP contribution in [-0.2, 0) is 9.31 Å². The molecule has 0 spiro atoms. The van der Waals surface area contributed by atoms with Crippen molar-refractivity contribution in [3.63, 3.8) is 0 Å². The second-order valence-electron chi connectivity index (χ2n) is 5.79. The summed E-state index contributed by atoms with van der Waals surface area (Å²) in [7, 11) is -1.61. The van der Waals surface area contributed by atoms with Gasteiger partial charge in [0.15, 0.2) is 29.6 Å². The van der Waals surface area contributed by atoms with Gasteiger partial charge in [-0.1, -0.05) is 0 Å². The first kappa shape index (κ1) is 16.0. The smallest absolute Gasteiger partial charge is 0.399 e. The monoisotopic (exact) mass is 304 g/mol. The molecule has 1 saturated heterocycles. The van der Waals surface area contributed by atoms with Gasteiger partial charge in [0.05, 0.1) is 22.2 Å². The van der Waals surface area contributed by atoms with Crippen molar-refractivity contribution >= 4 is 18.9 Å². The zero-order valence-corrected chi connectivity index (χ0v) is 11.9. The molecule has 1 aromatic rings. The lowest BCUT2D eigenvalue weighted by Gasteiger charge is -2.32. The lowest BCUT2D eigenvalue weighted by molar-refractivity contribution is 0.00578. The third-order valence-corrected chi connectivity index (χ3v) is 3.94. The number of hydrogen-bond donors (Lipinski definition) is 0. The van der Waals surface area contributed by atoms with E-state index in [4.69, 9.17) is 9.31 Å². The molecule has 0 unspecified atom stereocenters. The third-order valence-electron chi connectivity index (χ3n) is 3.94. The van der Waals surface area contributed by atoms with Crippen molar-refractivity contribution in [1.29, 1.82) is 0 Å². The van der Waals surface area contributed by atoms with Gasteiger partial charge in [-0.05, 0) is 27.7 Å². The fourth-order valence-electron chi connectivity index (χ4n) is 1.94. The van der Waals surface area contributed by atoms with Gasteiger partial charge in [-0.2, -0.15) is 0 Å². The molecule has 114 valence electrons. The Kier molecular flexibility index (Phi) is 3.66. The quantitative estimate of drug-likeness (QED) is 0.364. The second kappa shape index (κ2) is 4.81. The fraction of sp³-hybridized carbons (Fsp3) is 0.462. The molecule has 0 aromatic heterocycles. The van der Waals surface area contributed by atoms with Gasteiger partial charge < -0.3 is 9.31 Å². The minimum absolute atomic E-state index is 0.287. The maximum Gasteiger partial charge on any atom is 0.501 e. The van der Waals surface area contributed by atoms with E-state index < -0.39 is 52.6 Å². The van der Waals surface area contributed by atoms with E-state index in [2.05, 4.69) is 0 Å². The van der Waals surface area contributed by atoms with Crippen molar-refractivity contribution in [2.45, 2.75) is 38.9 Å². The summed E-state index contributed by atoms with van der Waals surface area (Å²) in [6.07, 6.45) is -0.287. The Hall–Kier alpha value is -1.41. The number of benzene rings is 1. The largest absolute Gasteiger partial charge is 0.501 e. The summed E-state index contributed by atoms with van der Waals surface area (Å²) in [5.41, 5.74) is -4.20. The Morgan fingerprint density at radius 3 is 1.57 bits per heavy atom. The molecule has 0 aliphatic carbocycles. The van der Waals surface area contributed by atoms with Gasteiger partial charge in [0.1, 0.15) is 0 Å². The van der Waals surface area contributed by atoms with Crippen LogP contribution in [0.2, 0.25) is 0 Å². The van der Waals surface area contributed by atoms with Gasteiger partial charge in [-0.3, -0.25) is 4.79 Å². The predicted molar refractivity (Wildman–Crippen MR) is 67.4 cm³/mol. The van der Waals surface area contributed by atoms with Crippen LogP contribution in [0, 0.1) is 23.3 Å². The van der Waals surface area contributed by atoms with Crippen molar-refractivity contribution in [2.24, 2.45) is 0 Å². The van der Waals surface area contributed by atoms with Gasteiger partial charge in [0, 0.05) is 0 Å². The Morgan fingerprint density at radius 1 is 0.857 bits per heavy atom. The van der Waals surface area contributed by atoms with E-state index in [9.17, 15) is 22.4 Å². The van der Waals surface area contributed by atoms with E-state index in [1.54, 1.807) is 27.7 Å². The van der Waals surface area contributed by atoms with Gasteiger partial charge in [0.2, 0.25) is 0 Å². The minimum Gasteiger partial charge on any atom is -0.399 e. The van der Waals surface area contributed by atoms with Crippen molar-refractivity contribution in [3.05, 3.63) is 28.8 Å². The van der Waals surface area contributed by atoms with Gasteiger partial charge in [-0.25, -0.2) is 17.6 Å². The maximum atomic E-state index is 13.9. The predicted octanol–water partition coefficient (Wildman–Crippen LogP) is 2.35. The molecule has 0 bridgehead atoms. The summed E-state index contributed by atoms with van der Waals surface area (Å²) in [5, 5.41) is 0. The molecule has 8 heteroatoms. The average molecular weight is 304 g/mol. The average Bonchev–Trinajstić information content (AvgIpc) is 2.57. The molecule has 0 N–H and O–H groups in total. The summed E-state index contributed by atoms with van der Waals surface area (Å²) < 4.78 is 65.9. The van der Waals surface area contributed by atoms with Crippen molar-refractivity contribution in [2.75, 3.05) is 0 Å². The van der Waals surface area contributed by atoms with Crippen LogP contribution in [0.3, 0.4) is 0 Å². The standard InChI is InChI=1S/C13H13BF4O3/c1-12(2)13(3,4)21-14(20-12)7-10(17)8(15)6(5-19)9(16)11(7)18/h5H,1-4H3. The van der Waals surface area contributed by atoms with Crippen LogP contribution in [0.1, 0.15) is 38.1 Å². The molecule has 1 aromatic carbocycles. The van der Waals surface area contributed by atoms with Crippen molar-refractivity contribution < 1.29 is 31.7 Å². The van der Waals surface area contributed by atoms with Crippen LogP contribution < -0.4 is 5.46 Å². The molecule has 0 amide bonds. The summed E-state index contributed by atoms with van der Waals surface area (Å²) >= 11 is 0. The number of carbonyl (C=O) groups is 1. The molecular formula is C13H13BF4O3. The first-order valence-electron chi connectivity index (χ1n) is 6.20. The molecule has 1 aliphatic heterocycles. The zero-order chi connectivity index (χ0) is 16.2. The molecule has 1 heterocycles. The van der Waals surface area contributed by atoms with Crippen LogP contribution in [0.15, 0.2) is 0 Å². The van der Waals surface area contributed by atoms with E-state index in [1.165, 1.54) is 0 Å². The van der Waals surface area contributed by atoms with Crippen LogP contribution in [-0.4, -0.2) is 24.6 Å². The first-order chi connectivity index (χ1) is 9.53. The molecule has 0 radical (unpaired) electrons. The lowest BCUT2D eigenvalue weighted by Crippen LogP contribution is -2.41. The number of hydrogen-bond acceptors (Lipinski definition) is 3.